The summed E-state index contributed by atoms with van der Waals surface area (Å²) in [6, 6.07) is 11.6. The summed E-state index contributed by atoms with van der Waals surface area (Å²) in [5.41, 5.74) is 0.973. The Morgan fingerprint density at radius 1 is 1.09 bits per heavy atom. The summed E-state index contributed by atoms with van der Waals surface area (Å²) in [4.78, 5) is 0.257. The number of benzene rings is 1. The smallest absolute Gasteiger partial charge is 0.279 e. The molecule has 1 aromatic heterocycles. The molecule has 0 radical (unpaired) electrons. The van der Waals surface area contributed by atoms with Crippen LogP contribution in [0.15, 0.2) is 63.1 Å². The fraction of sp³-hybridized carbons (Fsp3) is 0.312. The van der Waals surface area contributed by atoms with Gasteiger partial charge in [-0.25, -0.2) is 0 Å². The van der Waals surface area contributed by atoms with Gasteiger partial charge in [-0.1, -0.05) is 18.2 Å². The zero-order valence-corrected chi connectivity index (χ0v) is 12.7. The fourth-order valence-corrected chi connectivity index (χ4v) is 4.23. The highest BCUT2D eigenvalue weighted by molar-refractivity contribution is 7.89. The van der Waals surface area contributed by atoms with Crippen LogP contribution in [0, 0.1) is 5.92 Å². The lowest BCUT2D eigenvalue weighted by atomic mass is 10.1. The van der Waals surface area contributed by atoms with Crippen molar-refractivity contribution in [2.24, 2.45) is 11.0 Å². The van der Waals surface area contributed by atoms with Crippen molar-refractivity contribution in [2.75, 3.05) is 0 Å². The summed E-state index contributed by atoms with van der Waals surface area (Å²) in [5.74, 6) is 1.08. The van der Waals surface area contributed by atoms with Gasteiger partial charge in [0, 0.05) is 12.1 Å². The number of hydrogen-bond donors (Lipinski definition) is 0. The molecule has 22 heavy (non-hydrogen) atoms. The molecule has 2 heterocycles. The fourth-order valence-electron chi connectivity index (χ4n) is 2.79. The molecule has 2 aliphatic rings. The molecule has 1 atom stereocenters. The Morgan fingerprint density at radius 3 is 2.50 bits per heavy atom. The summed E-state index contributed by atoms with van der Waals surface area (Å²) < 4.78 is 32.5. The molecule has 114 valence electrons. The molecule has 1 fully saturated rings. The van der Waals surface area contributed by atoms with E-state index in [9.17, 15) is 8.42 Å². The van der Waals surface area contributed by atoms with Gasteiger partial charge in [0.2, 0.25) is 0 Å². The standard InChI is InChI=1S/C16H16N2O3S/c19-22(20,13-5-2-1-3-6-13)18-15(16-7-4-10-21-16)11-14(17-18)12-8-9-12/h1-7,10,12,15H,8-9,11H2/t15-/m0/s1. The van der Waals surface area contributed by atoms with Gasteiger partial charge in [-0.2, -0.15) is 17.9 Å². The molecule has 0 unspecified atom stereocenters. The molecular weight excluding hydrogens is 300 g/mol. The van der Waals surface area contributed by atoms with Crippen LogP contribution in [0.2, 0.25) is 0 Å². The highest BCUT2D eigenvalue weighted by Crippen LogP contribution is 2.42. The van der Waals surface area contributed by atoms with E-state index in [4.69, 9.17) is 4.42 Å². The van der Waals surface area contributed by atoms with Crippen LogP contribution in [0.1, 0.15) is 31.1 Å². The number of hydrogen-bond acceptors (Lipinski definition) is 4. The first-order chi connectivity index (χ1) is 10.7. The molecule has 0 bridgehead atoms. The molecule has 1 aromatic carbocycles. The number of rotatable bonds is 4. The molecule has 1 aliphatic heterocycles. The van der Waals surface area contributed by atoms with Crippen LogP contribution in [-0.4, -0.2) is 18.5 Å². The summed E-state index contributed by atoms with van der Waals surface area (Å²) in [7, 11) is -3.67. The van der Waals surface area contributed by atoms with Crippen LogP contribution >= 0.6 is 0 Å². The van der Waals surface area contributed by atoms with Crippen molar-refractivity contribution in [3.05, 3.63) is 54.5 Å². The van der Waals surface area contributed by atoms with Crippen molar-refractivity contribution >= 4 is 15.7 Å². The van der Waals surface area contributed by atoms with Crippen molar-refractivity contribution in [1.29, 1.82) is 0 Å². The average molecular weight is 316 g/mol. The number of nitrogens with zero attached hydrogens (tertiary/aromatic N) is 2. The van der Waals surface area contributed by atoms with E-state index < -0.39 is 10.0 Å². The maximum absolute atomic E-state index is 12.9. The van der Waals surface area contributed by atoms with E-state index >= 15 is 0 Å². The monoisotopic (exact) mass is 316 g/mol. The minimum atomic E-state index is -3.67. The SMILES string of the molecule is O=S(=O)(c1ccccc1)N1N=C(C2CC2)C[C@H]1c1ccco1. The first-order valence-corrected chi connectivity index (χ1v) is 8.80. The van der Waals surface area contributed by atoms with Crippen LogP contribution in [0.3, 0.4) is 0 Å². The predicted octanol–water partition coefficient (Wildman–Crippen LogP) is 3.18. The lowest BCUT2D eigenvalue weighted by Gasteiger charge is -2.21. The second kappa shape index (κ2) is 4.98. The zero-order chi connectivity index (χ0) is 15.2. The van der Waals surface area contributed by atoms with Crippen molar-refractivity contribution in [1.82, 2.24) is 4.41 Å². The Bertz CT molecular complexity index is 793. The first kappa shape index (κ1) is 13.6. The second-order valence-electron chi connectivity index (χ2n) is 5.69. The highest BCUT2D eigenvalue weighted by atomic mass is 32.2. The van der Waals surface area contributed by atoms with Crippen LogP contribution in [0.4, 0.5) is 0 Å². The molecule has 1 aliphatic carbocycles. The van der Waals surface area contributed by atoms with Gasteiger partial charge in [0.25, 0.3) is 10.0 Å². The van der Waals surface area contributed by atoms with Crippen molar-refractivity contribution in [2.45, 2.75) is 30.2 Å². The Hall–Kier alpha value is -2.08. The van der Waals surface area contributed by atoms with E-state index in [1.165, 1.54) is 4.41 Å². The molecule has 4 rings (SSSR count). The van der Waals surface area contributed by atoms with Crippen LogP contribution < -0.4 is 0 Å². The van der Waals surface area contributed by atoms with Gasteiger partial charge in [-0.15, -0.1) is 0 Å². The lowest BCUT2D eigenvalue weighted by Crippen LogP contribution is -2.27. The number of hydrazone groups is 1. The van der Waals surface area contributed by atoms with E-state index in [-0.39, 0.29) is 10.9 Å². The summed E-state index contributed by atoms with van der Waals surface area (Å²) in [6.45, 7) is 0. The van der Waals surface area contributed by atoms with Gasteiger partial charge in [0.15, 0.2) is 0 Å². The largest absolute Gasteiger partial charge is 0.467 e. The van der Waals surface area contributed by atoms with E-state index in [0.29, 0.717) is 18.1 Å². The van der Waals surface area contributed by atoms with Crippen molar-refractivity contribution in [3.8, 4) is 0 Å². The third-order valence-corrected chi connectivity index (χ3v) is 5.80. The van der Waals surface area contributed by atoms with E-state index in [2.05, 4.69) is 5.10 Å². The van der Waals surface area contributed by atoms with Gasteiger partial charge in [0.1, 0.15) is 11.8 Å². The van der Waals surface area contributed by atoms with Crippen LogP contribution in [0.25, 0.3) is 0 Å². The van der Waals surface area contributed by atoms with Gasteiger partial charge >= 0.3 is 0 Å². The maximum Gasteiger partial charge on any atom is 0.279 e. The van der Waals surface area contributed by atoms with Crippen LogP contribution in [-0.2, 0) is 10.0 Å². The Morgan fingerprint density at radius 2 is 1.86 bits per heavy atom. The third-order valence-electron chi connectivity index (χ3n) is 4.10. The molecule has 0 amide bonds. The van der Waals surface area contributed by atoms with E-state index in [1.807, 2.05) is 6.07 Å². The van der Waals surface area contributed by atoms with Gasteiger partial charge in [-0.05, 0) is 43.0 Å². The average Bonchev–Trinajstić information content (AvgIpc) is 3.06. The lowest BCUT2D eigenvalue weighted by molar-refractivity contribution is 0.320. The molecular formula is C16H16N2O3S. The molecule has 0 N–H and O–H groups in total. The van der Waals surface area contributed by atoms with Gasteiger partial charge in [-0.3, -0.25) is 0 Å². The van der Waals surface area contributed by atoms with E-state index in [1.54, 1.807) is 42.7 Å². The van der Waals surface area contributed by atoms with Crippen molar-refractivity contribution in [3.63, 3.8) is 0 Å². The minimum Gasteiger partial charge on any atom is -0.467 e. The highest BCUT2D eigenvalue weighted by Gasteiger charge is 2.42. The zero-order valence-electron chi connectivity index (χ0n) is 11.9. The molecule has 5 nitrogen and oxygen atoms in total. The Labute approximate surface area is 129 Å². The Kier molecular flexibility index (Phi) is 3.07. The third kappa shape index (κ3) is 2.23. The molecule has 1 saturated carbocycles. The Balaban J connectivity index is 1.76. The first-order valence-electron chi connectivity index (χ1n) is 7.36. The molecule has 2 aromatic rings. The molecule has 0 spiro atoms. The predicted molar refractivity (Wildman–Crippen MR) is 81.7 cm³/mol. The topological polar surface area (TPSA) is 62.9 Å². The normalized spacial score (nSPS) is 21.9. The quantitative estimate of drug-likeness (QED) is 0.870. The van der Waals surface area contributed by atoms with Crippen molar-refractivity contribution < 1.29 is 12.8 Å². The number of furan rings is 1. The minimum absolute atomic E-state index is 0.257. The van der Waals surface area contributed by atoms with E-state index in [0.717, 1.165) is 18.6 Å². The van der Waals surface area contributed by atoms with Crippen LogP contribution in [0.5, 0.6) is 0 Å². The van der Waals surface area contributed by atoms with Gasteiger partial charge < -0.3 is 4.42 Å². The van der Waals surface area contributed by atoms with Gasteiger partial charge in [0.05, 0.1) is 11.2 Å². The summed E-state index contributed by atoms with van der Waals surface area (Å²) in [5, 5.41) is 4.44. The maximum atomic E-state index is 12.9. The number of sulfonamides is 1. The molecule has 0 saturated heterocycles. The second-order valence-corrected chi connectivity index (χ2v) is 7.49. The molecule has 6 heteroatoms. The summed E-state index contributed by atoms with van der Waals surface area (Å²) in [6.07, 6.45) is 4.38. The summed E-state index contributed by atoms with van der Waals surface area (Å²) >= 11 is 0.